The third kappa shape index (κ3) is 2.99. The number of aliphatic hydroxyl groups excluding tert-OH is 1. The van der Waals surface area contributed by atoms with Crippen LogP contribution >= 0.6 is 11.8 Å². The first-order valence-corrected chi connectivity index (χ1v) is 6.24. The largest absolute Gasteiger partial charge is 0.395 e. The third-order valence-corrected chi connectivity index (χ3v) is 3.56. The molecule has 1 amide bonds. The van der Waals surface area contributed by atoms with Crippen molar-refractivity contribution in [2.24, 2.45) is 0 Å². The van der Waals surface area contributed by atoms with Crippen LogP contribution in [-0.2, 0) is 0 Å². The summed E-state index contributed by atoms with van der Waals surface area (Å²) in [4.78, 5) is 11.8. The van der Waals surface area contributed by atoms with E-state index in [0.29, 0.717) is 11.3 Å². The molecule has 0 aliphatic heterocycles. The molecule has 0 aromatic carbocycles. The molecule has 0 fully saturated rings. The molecule has 1 aromatic heterocycles. The van der Waals surface area contributed by atoms with Crippen molar-refractivity contribution in [2.75, 3.05) is 12.9 Å². The van der Waals surface area contributed by atoms with Gasteiger partial charge in [-0.2, -0.15) is 11.8 Å². The number of nitrogens with zero attached hydrogens (tertiary/aromatic N) is 1. The summed E-state index contributed by atoms with van der Waals surface area (Å²) in [6.45, 7) is 3.58. The minimum absolute atomic E-state index is 0.0101. The van der Waals surface area contributed by atoms with E-state index in [0.717, 1.165) is 0 Å². The topological polar surface area (TPSA) is 75.4 Å². The molecule has 1 heterocycles. The van der Waals surface area contributed by atoms with Gasteiger partial charge in [-0.1, -0.05) is 5.16 Å². The minimum atomic E-state index is -0.223. The number of aliphatic hydroxyl groups is 1. The number of hydrogen-bond acceptors (Lipinski definition) is 5. The summed E-state index contributed by atoms with van der Waals surface area (Å²) in [6, 6.07) is -0.109. The molecule has 6 heteroatoms. The summed E-state index contributed by atoms with van der Waals surface area (Å²) in [5.41, 5.74) is 0.435. The normalized spacial score (nSPS) is 14.5. The Balaban J connectivity index is 2.61. The van der Waals surface area contributed by atoms with Gasteiger partial charge < -0.3 is 14.9 Å². The molecule has 16 heavy (non-hydrogen) atoms. The first-order chi connectivity index (χ1) is 7.60. The Morgan fingerprint density at radius 1 is 1.75 bits per heavy atom. The molecule has 90 valence electrons. The predicted molar refractivity (Wildman–Crippen MR) is 62.6 cm³/mol. The molecule has 0 spiro atoms. The molecule has 1 aromatic rings. The van der Waals surface area contributed by atoms with Gasteiger partial charge in [-0.25, -0.2) is 0 Å². The maximum Gasteiger partial charge on any atom is 0.256 e. The number of amides is 1. The van der Waals surface area contributed by atoms with E-state index in [9.17, 15) is 4.79 Å². The average Bonchev–Trinajstić information content (AvgIpc) is 2.66. The fourth-order valence-corrected chi connectivity index (χ4v) is 1.96. The van der Waals surface area contributed by atoms with Crippen molar-refractivity contribution >= 4 is 17.7 Å². The monoisotopic (exact) mass is 244 g/mol. The van der Waals surface area contributed by atoms with Gasteiger partial charge in [-0.15, -0.1) is 0 Å². The highest BCUT2D eigenvalue weighted by atomic mass is 32.2. The first-order valence-electron chi connectivity index (χ1n) is 4.96. The van der Waals surface area contributed by atoms with Gasteiger partial charge in [0.1, 0.15) is 11.3 Å². The highest BCUT2D eigenvalue weighted by Gasteiger charge is 2.20. The van der Waals surface area contributed by atoms with E-state index in [2.05, 4.69) is 10.5 Å². The number of aryl methyl sites for hydroxylation is 1. The molecular weight excluding hydrogens is 228 g/mol. The summed E-state index contributed by atoms with van der Waals surface area (Å²) in [6.07, 6.45) is 3.29. The molecular formula is C10H16N2O3S. The van der Waals surface area contributed by atoms with Crippen LogP contribution in [-0.4, -0.2) is 40.3 Å². The highest BCUT2D eigenvalue weighted by molar-refractivity contribution is 7.99. The van der Waals surface area contributed by atoms with Crippen LogP contribution in [0.1, 0.15) is 23.0 Å². The lowest BCUT2D eigenvalue weighted by Crippen LogP contribution is -2.41. The average molecular weight is 244 g/mol. The fourth-order valence-electron chi connectivity index (χ4n) is 1.33. The minimum Gasteiger partial charge on any atom is -0.395 e. The van der Waals surface area contributed by atoms with Gasteiger partial charge in [-0.3, -0.25) is 4.79 Å². The number of rotatable bonds is 5. The van der Waals surface area contributed by atoms with Crippen LogP contribution in [0.15, 0.2) is 10.7 Å². The van der Waals surface area contributed by atoms with Crippen LogP contribution in [0.2, 0.25) is 0 Å². The summed E-state index contributed by atoms with van der Waals surface area (Å²) >= 11 is 1.52. The second-order valence-electron chi connectivity index (χ2n) is 3.51. The lowest BCUT2D eigenvalue weighted by atomic mass is 10.2. The Hall–Kier alpha value is -1.01. The number of nitrogens with one attached hydrogen (secondary N) is 1. The summed E-state index contributed by atoms with van der Waals surface area (Å²) in [5, 5.41) is 15.4. The molecule has 2 unspecified atom stereocenters. The fraction of sp³-hybridized carbons (Fsp3) is 0.600. The Morgan fingerprint density at radius 2 is 2.44 bits per heavy atom. The van der Waals surface area contributed by atoms with E-state index in [1.54, 1.807) is 6.92 Å². The number of carbonyl (C=O) groups excluding carboxylic acids is 1. The van der Waals surface area contributed by atoms with Gasteiger partial charge in [-0.05, 0) is 20.1 Å². The molecule has 0 saturated carbocycles. The summed E-state index contributed by atoms with van der Waals surface area (Å²) < 4.78 is 4.81. The SMILES string of the molecule is CSC(CO)C(C)NC(=O)c1cnoc1C. The molecule has 0 bridgehead atoms. The lowest BCUT2D eigenvalue weighted by molar-refractivity contribution is 0.0934. The van der Waals surface area contributed by atoms with E-state index in [1.165, 1.54) is 18.0 Å². The molecule has 2 atom stereocenters. The van der Waals surface area contributed by atoms with Crippen LogP contribution in [0.3, 0.4) is 0 Å². The first kappa shape index (κ1) is 13.1. The Labute approximate surface area is 98.6 Å². The van der Waals surface area contributed by atoms with Crippen LogP contribution < -0.4 is 5.32 Å². The van der Waals surface area contributed by atoms with Crippen LogP contribution in [0, 0.1) is 6.92 Å². The Kier molecular flexibility index (Phi) is 4.82. The van der Waals surface area contributed by atoms with Crippen molar-refractivity contribution in [1.29, 1.82) is 0 Å². The van der Waals surface area contributed by atoms with Crippen molar-refractivity contribution < 1.29 is 14.4 Å². The van der Waals surface area contributed by atoms with E-state index < -0.39 is 0 Å². The van der Waals surface area contributed by atoms with E-state index in [1.807, 2.05) is 13.2 Å². The number of aromatic nitrogens is 1. The highest BCUT2D eigenvalue weighted by Crippen LogP contribution is 2.12. The van der Waals surface area contributed by atoms with Crippen molar-refractivity contribution in [2.45, 2.75) is 25.1 Å². The number of hydrogen-bond donors (Lipinski definition) is 2. The van der Waals surface area contributed by atoms with E-state index >= 15 is 0 Å². The van der Waals surface area contributed by atoms with Crippen molar-refractivity contribution in [1.82, 2.24) is 10.5 Å². The number of carbonyl (C=O) groups is 1. The van der Waals surface area contributed by atoms with Gasteiger partial charge in [0.05, 0.1) is 12.8 Å². The second kappa shape index (κ2) is 5.91. The zero-order chi connectivity index (χ0) is 12.1. The standard InChI is InChI=1S/C10H16N2O3S/c1-6(9(5-13)16-3)12-10(14)8-4-11-15-7(8)2/h4,6,9,13H,5H2,1-3H3,(H,12,14). The van der Waals surface area contributed by atoms with Gasteiger partial charge in [0, 0.05) is 11.3 Å². The van der Waals surface area contributed by atoms with Crippen LogP contribution in [0.4, 0.5) is 0 Å². The maximum atomic E-state index is 11.8. The van der Waals surface area contributed by atoms with Crippen molar-refractivity contribution in [3.05, 3.63) is 17.5 Å². The zero-order valence-electron chi connectivity index (χ0n) is 9.56. The van der Waals surface area contributed by atoms with Gasteiger partial charge >= 0.3 is 0 Å². The molecule has 0 aliphatic rings. The molecule has 2 N–H and O–H groups in total. The van der Waals surface area contributed by atoms with Gasteiger partial charge in [0.25, 0.3) is 5.91 Å². The van der Waals surface area contributed by atoms with Gasteiger partial charge in [0.2, 0.25) is 0 Å². The summed E-state index contributed by atoms with van der Waals surface area (Å²) in [5.74, 6) is 0.271. The van der Waals surface area contributed by atoms with Crippen molar-refractivity contribution in [3.8, 4) is 0 Å². The van der Waals surface area contributed by atoms with Gasteiger partial charge in [0.15, 0.2) is 0 Å². The van der Waals surface area contributed by atoms with Crippen molar-refractivity contribution in [3.63, 3.8) is 0 Å². The Bertz CT molecular complexity index is 350. The van der Waals surface area contributed by atoms with Crippen LogP contribution in [0.25, 0.3) is 0 Å². The number of thioether (sulfide) groups is 1. The molecule has 5 nitrogen and oxygen atoms in total. The predicted octanol–water partition coefficient (Wildman–Crippen LogP) is 0.825. The van der Waals surface area contributed by atoms with E-state index in [4.69, 9.17) is 9.63 Å². The molecule has 1 rings (SSSR count). The third-order valence-electron chi connectivity index (χ3n) is 2.39. The summed E-state index contributed by atoms with van der Waals surface area (Å²) in [7, 11) is 0. The molecule has 0 radical (unpaired) electrons. The molecule has 0 saturated heterocycles. The zero-order valence-corrected chi connectivity index (χ0v) is 10.4. The maximum absolute atomic E-state index is 11.8. The molecule has 0 aliphatic carbocycles. The quantitative estimate of drug-likeness (QED) is 0.802. The van der Waals surface area contributed by atoms with Crippen LogP contribution in [0.5, 0.6) is 0 Å². The second-order valence-corrected chi connectivity index (χ2v) is 4.59. The Morgan fingerprint density at radius 3 is 2.88 bits per heavy atom. The smallest absolute Gasteiger partial charge is 0.256 e. The van der Waals surface area contributed by atoms with E-state index in [-0.39, 0.29) is 23.8 Å². The lowest BCUT2D eigenvalue weighted by Gasteiger charge is -2.20.